The normalized spacial score (nSPS) is 15.3. The minimum atomic E-state index is -3.27. The van der Waals surface area contributed by atoms with Crippen molar-refractivity contribution in [3.63, 3.8) is 0 Å². The van der Waals surface area contributed by atoms with Gasteiger partial charge in [-0.25, -0.2) is 8.42 Å². The zero-order chi connectivity index (χ0) is 15.8. The molecular formula is C16H24IN3O2S. The monoisotopic (exact) mass is 449 g/mol. The quantitative estimate of drug-likeness (QED) is 0.303. The molecule has 7 heteroatoms. The fraction of sp³-hybridized carbons (Fsp3) is 0.438. The van der Waals surface area contributed by atoms with Crippen molar-refractivity contribution in [3.05, 3.63) is 42.5 Å². The Morgan fingerprint density at radius 1 is 1.22 bits per heavy atom. The smallest absolute Gasteiger partial charge is 0.191 e. The summed E-state index contributed by atoms with van der Waals surface area (Å²) in [7, 11) is -3.27. The van der Waals surface area contributed by atoms with Crippen LogP contribution in [0.2, 0.25) is 0 Å². The largest absolute Gasteiger partial charge is 0.357 e. The summed E-state index contributed by atoms with van der Waals surface area (Å²) in [6.45, 7) is 2.98. The molecule has 2 N–H and O–H groups in total. The third kappa shape index (κ3) is 6.50. The minimum absolute atomic E-state index is 0. The number of nitrogens with one attached hydrogen (secondary N) is 2. The molecule has 1 aromatic rings. The first kappa shape index (κ1) is 20.0. The van der Waals surface area contributed by atoms with Gasteiger partial charge in [0.2, 0.25) is 0 Å². The summed E-state index contributed by atoms with van der Waals surface area (Å²) in [5.74, 6) is 0.690. The van der Waals surface area contributed by atoms with Gasteiger partial charge in [-0.3, -0.25) is 4.99 Å². The van der Waals surface area contributed by atoms with Crippen molar-refractivity contribution in [3.8, 4) is 0 Å². The lowest BCUT2D eigenvalue weighted by Gasteiger charge is -2.16. The van der Waals surface area contributed by atoms with Crippen LogP contribution in [0.4, 0.5) is 0 Å². The third-order valence-corrected chi connectivity index (χ3v) is 5.14. The molecule has 0 heterocycles. The molecule has 0 amide bonds. The van der Waals surface area contributed by atoms with E-state index in [1.165, 1.54) is 0 Å². The molecule has 2 rings (SSSR count). The van der Waals surface area contributed by atoms with Gasteiger partial charge in [0.15, 0.2) is 15.8 Å². The number of sulfone groups is 1. The van der Waals surface area contributed by atoms with Crippen LogP contribution in [0.15, 0.2) is 52.4 Å². The second-order valence-electron chi connectivity index (χ2n) is 5.18. The van der Waals surface area contributed by atoms with Gasteiger partial charge in [0.1, 0.15) is 0 Å². The lowest BCUT2D eigenvalue weighted by molar-refractivity contribution is 0.595. The summed E-state index contributed by atoms with van der Waals surface area (Å²) < 4.78 is 24.4. The van der Waals surface area contributed by atoms with Gasteiger partial charge in [0, 0.05) is 12.6 Å². The van der Waals surface area contributed by atoms with Gasteiger partial charge < -0.3 is 10.6 Å². The predicted octanol–water partition coefficient (Wildman–Crippen LogP) is 2.35. The molecule has 0 saturated carbocycles. The van der Waals surface area contributed by atoms with Gasteiger partial charge in [0.25, 0.3) is 0 Å². The molecule has 0 aliphatic heterocycles. The number of nitrogens with zero attached hydrogens (tertiary/aromatic N) is 1. The fourth-order valence-corrected chi connectivity index (χ4v) is 3.41. The van der Waals surface area contributed by atoms with Crippen molar-refractivity contribution in [2.75, 3.05) is 18.8 Å². The molecule has 0 unspecified atom stereocenters. The van der Waals surface area contributed by atoms with E-state index in [0.29, 0.717) is 16.9 Å². The molecule has 128 valence electrons. The molecular weight excluding hydrogens is 425 g/mol. The Bertz CT molecular complexity index is 622. The van der Waals surface area contributed by atoms with Gasteiger partial charge >= 0.3 is 0 Å². The van der Waals surface area contributed by atoms with E-state index in [-0.39, 0.29) is 36.3 Å². The second-order valence-corrected chi connectivity index (χ2v) is 7.29. The first-order chi connectivity index (χ1) is 10.6. The van der Waals surface area contributed by atoms with Gasteiger partial charge in [-0.15, -0.1) is 24.0 Å². The van der Waals surface area contributed by atoms with Crippen LogP contribution < -0.4 is 10.6 Å². The molecule has 0 spiro atoms. The lowest BCUT2D eigenvalue weighted by Crippen LogP contribution is -2.42. The van der Waals surface area contributed by atoms with Crippen LogP contribution in [0, 0.1) is 0 Å². The Balaban J connectivity index is 0.00000264. The molecule has 1 aliphatic carbocycles. The van der Waals surface area contributed by atoms with Crippen molar-refractivity contribution in [1.82, 2.24) is 10.6 Å². The Morgan fingerprint density at radius 2 is 1.87 bits per heavy atom. The molecule has 0 bridgehead atoms. The van der Waals surface area contributed by atoms with E-state index in [4.69, 9.17) is 0 Å². The van der Waals surface area contributed by atoms with Crippen molar-refractivity contribution >= 4 is 39.8 Å². The maximum atomic E-state index is 12.2. The fourth-order valence-electron chi connectivity index (χ4n) is 2.27. The molecule has 1 aliphatic rings. The van der Waals surface area contributed by atoms with E-state index in [0.717, 1.165) is 19.4 Å². The van der Waals surface area contributed by atoms with Gasteiger partial charge in [-0.05, 0) is 31.9 Å². The Labute approximate surface area is 155 Å². The molecule has 1 aromatic carbocycles. The van der Waals surface area contributed by atoms with Crippen LogP contribution >= 0.6 is 24.0 Å². The second kappa shape index (κ2) is 9.92. The molecule has 0 radical (unpaired) electrons. The number of halogens is 1. The van der Waals surface area contributed by atoms with Crippen LogP contribution in [-0.2, 0) is 9.84 Å². The van der Waals surface area contributed by atoms with Crippen LogP contribution in [0.5, 0.6) is 0 Å². The third-order valence-electron chi connectivity index (χ3n) is 3.43. The number of hydrogen-bond acceptors (Lipinski definition) is 3. The summed E-state index contributed by atoms with van der Waals surface area (Å²) >= 11 is 0. The number of rotatable bonds is 6. The van der Waals surface area contributed by atoms with E-state index in [9.17, 15) is 8.42 Å². The topological polar surface area (TPSA) is 70.6 Å². The standard InChI is InChI=1S/C16H23N3O2S.HI/c1-2-17-16(19-14-8-6-7-9-14)18-12-13-22(20,21)15-10-4-3-5-11-15;/h3-7,10-11,14H,2,8-9,12-13H2,1H3,(H2,17,18,19);1H. The van der Waals surface area contributed by atoms with E-state index >= 15 is 0 Å². The van der Waals surface area contributed by atoms with Crippen LogP contribution in [0.25, 0.3) is 0 Å². The highest BCUT2D eigenvalue weighted by atomic mass is 127. The summed E-state index contributed by atoms with van der Waals surface area (Å²) in [6.07, 6.45) is 6.24. The Morgan fingerprint density at radius 3 is 2.48 bits per heavy atom. The summed E-state index contributed by atoms with van der Waals surface area (Å²) in [5.41, 5.74) is 0. The van der Waals surface area contributed by atoms with Gasteiger partial charge in [-0.1, -0.05) is 30.4 Å². The highest BCUT2D eigenvalue weighted by Crippen LogP contribution is 2.10. The van der Waals surface area contributed by atoms with Crippen molar-refractivity contribution < 1.29 is 8.42 Å². The molecule has 0 atom stereocenters. The summed E-state index contributed by atoms with van der Waals surface area (Å²) in [4.78, 5) is 4.73. The van der Waals surface area contributed by atoms with E-state index in [1.807, 2.05) is 6.92 Å². The first-order valence-electron chi connectivity index (χ1n) is 7.59. The molecule has 5 nitrogen and oxygen atoms in total. The molecule has 0 aromatic heterocycles. The number of aliphatic imine (C=N–C) groups is 1. The zero-order valence-corrected chi connectivity index (χ0v) is 16.4. The van der Waals surface area contributed by atoms with Crippen LogP contribution in [-0.4, -0.2) is 39.3 Å². The minimum Gasteiger partial charge on any atom is -0.357 e. The Kier molecular flexibility index (Phi) is 8.60. The molecule has 0 saturated heterocycles. The lowest BCUT2D eigenvalue weighted by atomic mass is 10.2. The van der Waals surface area contributed by atoms with Crippen molar-refractivity contribution in [2.45, 2.75) is 30.7 Å². The number of benzene rings is 1. The van der Waals surface area contributed by atoms with E-state index in [1.54, 1.807) is 30.3 Å². The summed E-state index contributed by atoms with van der Waals surface area (Å²) in [5, 5.41) is 6.48. The average Bonchev–Trinajstić information content (AvgIpc) is 3.01. The van der Waals surface area contributed by atoms with Gasteiger partial charge in [0.05, 0.1) is 17.2 Å². The zero-order valence-electron chi connectivity index (χ0n) is 13.2. The highest BCUT2D eigenvalue weighted by Gasteiger charge is 2.14. The van der Waals surface area contributed by atoms with Crippen LogP contribution in [0.1, 0.15) is 19.8 Å². The van der Waals surface area contributed by atoms with Gasteiger partial charge in [-0.2, -0.15) is 0 Å². The maximum Gasteiger partial charge on any atom is 0.191 e. The van der Waals surface area contributed by atoms with Crippen LogP contribution in [0.3, 0.4) is 0 Å². The first-order valence-corrected chi connectivity index (χ1v) is 9.24. The molecule has 23 heavy (non-hydrogen) atoms. The maximum absolute atomic E-state index is 12.2. The Hall–Kier alpha value is -1.09. The van der Waals surface area contributed by atoms with Crippen molar-refractivity contribution in [1.29, 1.82) is 0 Å². The number of hydrogen-bond donors (Lipinski definition) is 2. The summed E-state index contributed by atoms with van der Waals surface area (Å²) in [6, 6.07) is 8.85. The average molecular weight is 449 g/mol. The van der Waals surface area contributed by atoms with E-state index < -0.39 is 9.84 Å². The highest BCUT2D eigenvalue weighted by molar-refractivity contribution is 14.0. The SMILES string of the molecule is CCNC(=NCCS(=O)(=O)c1ccccc1)NC1CC=CC1.I. The predicted molar refractivity (Wildman–Crippen MR) is 105 cm³/mol. The molecule has 0 fully saturated rings. The van der Waals surface area contributed by atoms with Crippen molar-refractivity contribution in [2.24, 2.45) is 4.99 Å². The van der Waals surface area contributed by atoms with E-state index in [2.05, 4.69) is 27.8 Å². The number of guanidine groups is 1.